The Morgan fingerprint density at radius 3 is 2.22 bits per heavy atom. The molecule has 0 heterocycles. The molecule has 0 radical (unpaired) electrons. The van der Waals surface area contributed by atoms with Crippen LogP contribution < -0.4 is 0 Å². The zero-order valence-corrected chi connectivity index (χ0v) is 15.9. The second kappa shape index (κ2) is 8.28. The van der Waals surface area contributed by atoms with Crippen molar-refractivity contribution in [1.82, 2.24) is 0 Å². The molecule has 1 rings (SSSR count). The molecule has 0 aromatic carbocycles. The molecule has 0 bridgehead atoms. The van der Waals surface area contributed by atoms with Gasteiger partial charge in [0, 0.05) is 5.41 Å². The Kier molecular flexibility index (Phi) is 7.04. The third-order valence-corrected chi connectivity index (χ3v) is 4.51. The third-order valence-electron chi connectivity index (χ3n) is 3.58. The van der Waals surface area contributed by atoms with Crippen LogP contribution >= 0.6 is 0 Å². The molecule has 1 aliphatic rings. The highest BCUT2D eigenvalue weighted by atomic mass is 32.2. The number of rotatable bonds is 7. The van der Waals surface area contributed by atoms with Crippen LogP contribution in [-0.2, 0) is 28.6 Å². The first kappa shape index (κ1) is 22.9. The number of esters is 1. The fourth-order valence-electron chi connectivity index (χ4n) is 1.95. The maximum absolute atomic E-state index is 12.2. The summed E-state index contributed by atoms with van der Waals surface area (Å²) in [6.07, 6.45) is 7.62. The van der Waals surface area contributed by atoms with Crippen LogP contribution in [0.3, 0.4) is 0 Å². The second-order valence-electron chi connectivity index (χ2n) is 7.03. The van der Waals surface area contributed by atoms with Crippen LogP contribution in [0, 0.1) is 10.8 Å². The fraction of sp³-hybridized carbons (Fsp3) is 0.529. The summed E-state index contributed by atoms with van der Waals surface area (Å²) in [5.74, 6) is -0.696. The summed E-state index contributed by atoms with van der Waals surface area (Å²) in [7, 11) is -5.69. The number of carbonyl (C=O) groups is 2. The van der Waals surface area contributed by atoms with Gasteiger partial charge in [0.05, 0.1) is 5.41 Å². The van der Waals surface area contributed by atoms with Crippen LogP contribution in [0.2, 0.25) is 0 Å². The molecule has 0 fully saturated rings. The molecule has 0 spiro atoms. The van der Waals surface area contributed by atoms with Gasteiger partial charge in [-0.25, -0.2) is 0 Å². The number of allylic oxidation sites excluding steroid dienone is 3. The second-order valence-corrected chi connectivity index (χ2v) is 8.60. The van der Waals surface area contributed by atoms with Gasteiger partial charge in [0.2, 0.25) is 0 Å². The van der Waals surface area contributed by atoms with E-state index in [-0.39, 0.29) is 25.2 Å². The summed E-state index contributed by atoms with van der Waals surface area (Å²) < 4.78 is 67.1. The number of carbonyl (C=O) groups excluding carboxylic acids is 2. The van der Waals surface area contributed by atoms with Crippen molar-refractivity contribution in [1.29, 1.82) is 0 Å². The highest BCUT2D eigenvalue weighted by Crippen LogP contribution is 2.32. The van der Waals surface area contributed by atoms with E-state index in [1.165, 1.54) is 12.2 Å². The number of ketones is 1. The maximum atomic E-state index is 12.2. The molecule has 0 saturated carbocycles. The number of ether oxygens (including phenoxy) is 1. The van der Waals surface area contributed by atoms with Gasteiger partial charge < -0.3 is 8.92 Å². The molecule has 10 heteroatoms. The van der Waals surface area contributed by atoms with Crippen molar-refractivity contribution in [3.8, 4) is 0 Å². The van der Waals surface area contributed by atoms with Crippen molar-refractivity contribution < 1.29 is 40.1 Å². The Labute approximate surface area is 155 Å². The van der Waals surface area contributed by atoms with Gasteiger partial charge in [-0.2, -0.15) is 21.6 Å². The first-order valence-corrected chi connectivity index (χ1v) is 9.34. The van der Waals surface area contributed by atoms with Crippen molar-refractivity contribution in [2.45, 2.75) is 39.1 Å². The quantitative estimate of drug-likeness (QED) is 0.277. The SMILES string of the molecule is CC(C)(C)C(=O)OCC1(CC/C=C\OS(=O)(=O)C(F)(F)F)C=CC(=O)C=C1. The molecule has 0 amide bonds. The lowest BCUT2D eigenvalue weighted by molar-refractivity contribution is -0.155. The standard InChI is InChI=1S/C17H21F3O6S/c1-15(2,3)14(22)25-12-16(9-6-13(21)7-10-16)8-4-5-11-26-27(23,24)17(18,19)20/h5-7,9-11H,4,8,12H2,1-3H3/b11-5-. The minimum absolute atomic E-state index is 0.0705. The third kappa shape index (κ3) is 6.85. The number of hydrogen-bond donors (Lipinski definition) is 0. The molecule has 6 nitrogen and oxygen atoms in total. The zero-order valence-electron chi connectivity index (χ0n) is 15.1. The predicted molar refractivity (Wildman–Crippen MR) is 90.6 cm³/mol. The number of halogens is 3. The van der Waals surface area contributed by atoms with Gasteiger partial charge in [-0.15, -0.1) is 0 Å². The minimum Gasteiger partial charge on any atom is -0.464 e. The topological polar surface area (TPSA) is 86.7 Å². The van der Waals surface area contributed by atoms with E-state index in [1.54, 1.807) is 32.9 Å². The molecule has 0 N–H and O–H groups in total. The molecule has 0 atom stereocenters. The van der Waals surface area contributed by atoms with Crippen LogP contribution in [0.4, 0.5) is 13.2 Å². The predicted octanol–water partition coefficient (Wildman–Crippen LogP) is 3.42. The van der Waals surface area contributed by atoms with Gasteiger partial charge in [0.15, 0.2) is 5.78 Å². The Hall–Kier alpha value is -2.10. The molecule has 152 valence electrons. The van der Waals surface area contributed by atoms with E-state index in [0.717, 1.165) is 6.08 Å². The molecule has 0 saturated heterocycles. The largest absolute Gasteiger partial charge is 0.534 e. The molecule has 0 aromatic heterocycles. The van der Waals surface area contributed by atoms with Crippen LogP contribution in [-0.4, -0.2) is 32.3 Å². The molecule has 0 aromatic rings. The molecule has 0 aliphatic heterocycles. The van der Waals surface area contributed by atoms with Gasteiger partial charge in [-0.1, -0.05) is 12.2 Å². The van der Waals surface area contributed by atoms with Crippen molar-refractivity contribution in [3.05, 3.63) is 36.6 Å². The first-order valence-electron chi connectivity index (χ1n) is 7.93. The lowest BCUT2D eigenvalue weighted by atomic mass is 9.80. The monoisotopic (exact) mass is 410 g/mol. The van der Waals surface area contributed by atoms with E-state index < -0.39 is 32.4 Å². The van der Waals surface area contributed by atoms with E-state index in [0.29, 0.717) is 6.26 Å². The van der Waals surface area contributed by atoms with Crippen LogP contribution in [0.25, 0.3) is 0 Å². The van der Waals surface area contributed by atoms with Crippen LogP contribution in [0.5, 0.6) is 0 Å². The highest BCUT2D eigenvalue weighted by molar-refractivity contribution is 7.87. The van der Waals surface area contributed by atoms with Gasteiger partial charge >= 0.3 is 21.6 Å². The summed E-state index contributed by atoms with van der Waals surface area (Å²) in [4.78, 5) is 23.3. The fourth-order valence-corrected chi connectivity index (χ4v) is 2.28. The molecular formula is C17H21F3O6S. The normalized spacial score (nSPS) is 17.3. The van der Waals surface area contributed by atoms with Crippen molar-refractivity contribution in [3.63, 3.8) is 0 Å². The smallest absolute Gasteiger partial charge is 0.464 e. The zero-order chi connectivity index (χ0) is 20.9. The Balaban J connectivity index is 2.73. The summed E-state index contributed by atoms with van der Waals surface area (Å²) >= 11 is 0. The number of hydrogen-bond acceptors (Lipinski definition) is 6. The Morgan fingerprint density at radius 1 is 1.19 bits per heavy atom. The summed E-state index contributed by atoms with van der Waals surface area (Å²) in [5, 5.41) is 0. The Morgan fingerprint density at radius 2 is 1.74 bits per heavy atom. The van der Waals surface area contributed by atoms with Crippen LogP contribution in [0.15, 0.2) is 36.6 Å². The van der Waals surface area contributed by atoms with Crippen molar-refractivity contribution >= 4 is 21.9 Å². The number of alkyl halides is 3. The van der Waals surface area contributed by atoms with Crippen molar-refractivity contribution in [2.24, 2.45) is 10.8 Å². The average molecular weight is 410 g/mol. The van der Waals surface area contributed by atoms with Crippen LogP contribution in [0.1, 0.15) is 33.6 Å². The minimum atomic E-state index is -5.69. The highest BCUT2D eigenvalue weighted by Gasteiger charge is 2.47. The van der Waals surface area contributed by atoms with Gasteiger partial charge in [-0.3, -0.25) is 9.59 Å². The van der Waals surface area contributed by atoms with Gasteiger partial charge in [0.25, 0.3) is 0 Å². The maximum Gasteiger partial charge on any atom is 0.534 e. The summed E-state index contributed by atoms with van der Waals surface area (Å²) in [6, 6.07) is 0. The lowest BCUT2D eigenvalue weighted by Crippen LogP contribution is -2.31. The molecular weight excluding hydrogens is 389 g/mol. The van der Waals surface area contributed by atoms with E-state index >= 15 is 0 Å². The summed E-state index contributed by atoms with van der Waals surface area (Å²) in [6.45, 7) is 4.97. The lowest BCUT2D eigenvalue weighted by Gasteiger charge is -2.29. The molecule has 1 aliphatic carbocycles. The van der Waals surface area contributed by atoms with E-state index in [9.17, 15) is 31.2 Å². The first-order chi connectivity index (χ1) is 12.2. The summed E-state index contributed by atoms with van der Waals surface area (Å²) in [5.41, 5.74) is -7.06. The Bertz CT molecular complexity index is 739. The average Bonchev–Trinajstić information content (AvgIpc) is 2.53. The van der Waals surface area contributed by atoms with E-state index in [2.05, 4.69) is 4.18 Å². The van der Waals surface area contributed by atoms with E-state index in [4.69, 9.17) is 4.74 Å². The van der Waals surface area contributed by atoms with Crippen molar-refractivity contribution in [2.75, 3.05) is 6.61 Å². The van der Waals surface area contributed by atoms with Gasteiger partial charge in [0.1, 0.15) is 12.9 Å². The molecule has 0 unspecified atom stereocenters. The molecule has 27 heavy (non-hydrogen) atoms. The van der Waals surface area contributed by atoms with E-state index in [1.807, 2.05) is 0 Å². The van der Waals surface area contributed by atoms with Gasteiger partial charge in [-0.05, 0) is 51.8 Å².